The van der Waals surface area contributed by atoms with E-state index in [0.717, 1.165) is 43.8 Å². The number of carbonyl (C=O) groups is 2. The highest BCUT2D eigenvalue weighted by Crippen LogP contribution is 2.20. The highest BCUT2D eigenvalue weighted by Gasteiger charge is 2.26. The number of Topliss-reactive ketones (excluding diaryl/α,β-unsaturated/α-hetero) is 1. The Kier molecular flexibility index (Phi) is 10.7. The van der Waals surface area contributed by atoms with E-state index in [1.54, 1.807) is 24.3 Å². The van der Waals surface area contributed by atoms with Crippen molar-refractivity contribution >= 4 is 11.8 Å². The molecule has 1 atom stereocenters. The Morgan fingerprint density at radius 3 is 2.19 bits per heavy atom. The van der Waals surface area contributed by atoms with Crippen LogP contribution in [0.4, 0.5) is 0 Å². The minimum Gasteiger partial charge on any atom is -0.494 e. The van der Waals surface area contributed by atoms with Crippen LogP contribution in [0.3, 0.4) is 0 Å². The third-order valence-corrected chi connectivity index (χ3v) is 4.54. The number of hydrogen-bond donors (Lipinski definition) is 1. The van der Waals surface area contributed by atoms with Gasteiger partial charge in [0.2, 0.25) is 0 Å². The quantitative estimate of drug-likeness (QED) is 0.260. The average molecular weight is 363 g/mol. The van der Waals surface area contributed by atoms with Crippen molar-refractivity contribution < 1.29 is 19.4 Å². The van der Waals surface area contributed by atoms with Crippen molar-refractivity contribution in [1.29, 1.82) is 0 Å². The average Bonchev–Trinajstić information content (AvgIpc) is 2.61. The van der Waals surface area contributed by atoms with Crippen molar-refractivity contribution in [1.82, 2.24) is 0 Å². The fourth-order valence-corrected chi connectivity index (χ4v) is 2.90. The number of carbonyl (C=O) groups excluding carboxylic acids is 1. The minimum atomic E-state index is -1.03. The number of carboxylic acid groups (broad SMARTS) is 1. The number of ketones is 1. The molecule has 0 spiro atoms. The third-order valence-electron chi connectivity index (χ3n) is 4.54. The summed E-state index contributed by atoms with van der Waals surface area (Å²) < 4.78 is 5.71. The van der Waals surface area contributed by atoms with Gasteiger partial charge in [0, 0.05) is 5.56 Å². The summed E-state index contributed by atoms with van der Waals surface area (Å²) in [5.41, 5.74) is 0.443. The number of unbranched alkanes of at least 4 members (excludes halogenated alkanes) is 4. The molecule has 0 aliphatic heterocycles. The Balaban J connectivity index is 2.46. The van der Waals surface area contributed by atoms with Crippen molar-refractivity contribution in [2.75, 3.05) is 6.61 Å². The predicted molar refractivity (Wildman–Crippen MR) is 105 cm³/mol. The summed E-state index contributed by atoms with van der Waals surface area (Å²) in [5, 5.41) is 9.33. The Morgan fingerprint density at radius 2 is 1.62 bits per heavy atom. The molecule has 1 N–H and O–H groups in total. The number of ether oxygens (including phenoxy) is 1. The maximum absolute atomic E-state index is 12.5. The first-order chi connectivity index (χ1) is 12.5. The molecule has 0 heterocycles. The molecule has 0 aliphatic rings. The minimum absolute atomic E-state index is 0.311. The Bertz CT molecular complexity index is 534. The second kappa shape index (κ2) is 12.5. The van der Waals surface area contributed by atoms with E-state index in [-0.39, 0.29) is 5.78 Å². The van der Waals surface area contributed by atoms with Crippen LogP contribution in [-0.4, -0.2) is 23.5 Å². The topological polar surface area (TPSA) is 63.6 Å². The highest BCUT2D eigenvalue weighted by atomic mass is 16.5. The standard InChI is InChI=1S/C22H34O4/c1-4-5-7-11-20(22(24)25)21(23)18-12-14-19(15-13-18)26-16-9-6-8-10-17(2)3/h12-15,17,20H,4-11,16H2,1-3H3,(H,24,25). The fraction of sp³-hybridized carbons (Fsp3) is 0.636. The summed E-state index contributed by atoms with van der Waals surface area (Å²) in [7, 11) is 0. The first kappa shape index (κ1) is 22.2. The zero-order valence-electron chi connectivity index (χ0n) is 16.5. The molecule has 0 aliphatic carbocycles. The SMILES string of the molecule is CCCCCC(C(=O)O)C(=O)c1ccc(OCCCCCC(C)C)cc1. The molecule has 0 saturated heterocycles. The van der Waals surface area contributed by atoms with Crippen LogP contribution in [0.1, 0.15) is 82.5 Å². The Labute approximate surface area is 158 Å². The van der Waals surface area contributed by atoms with Crippen LogP contribution in [0.25, 0.3) is 0 Å². The van der Waals surface area contributed by atoms with Crippen molar-refractivity contribution in [2.45, 2.75) is 72.1 Å². The maximum Gasteiger partial charge on any atom is 0.314 e. The van der Waals surface area contributed by atoms with Crippen LogP contribution < -0.4 is 4.74 Å². The molecular formula is C22H34O4. The molecule has 1 unspecified atom stereocenters. The van der Waals surface area contributed by atoms with Gasteiger partial charge in [-0.15, -0.1) is 0 Å². The molecule has 0 saturated carbocycles. The second-order valence-corrected chi connectivity index (χ2v) is 7.37. The second-order valence-electron chi connectivity index (χ2n) is 7.37. The molecule has 1 aromatic rings. The molecule has 0 amide bonds. The number of benzene rings is 1. The van der Waals surface area contributed by atoms with E-state index in [1.807, 2.05) is 0 Å². The summed E-state index contributed by atoms with van der Waals surface area (Å²) in [5.74, 6) is -0.822. The number of carboxylic acids is 1. The zero-order chi connectivity index (χ0) is 19.4. The van der Waals surface area contributed by atoms with E-state index in [0.29, 0.717) is 18.6 Å². The van der Waals surface area contributed by atoms with E-state index in [1.165, 1.54) is 12.8 Å². The van der Waals surface area contributed by atoms with Gasteiger partial charge in [0.25, 0.3) is 0 Å². The van der Waals surface area contributed by atoms with Crippen LogP contribution in [0.5, 0.6) is 5.75 Å². The Hall–Kier alpha value is -1.84. The van der Waals surface area contributed by atoms with Gasteiger partial charge in [0.15, 0.2) is 5.78 Å². The third kappa shape index (κ3) is 8.50. The summed E-state index contributed by atoms with van der Waals surface area (Å²) in [6.45, 7) is 7.19. The van der Waals surface area contributed by atoms with Gasteiger partial charge in [-0.3, -0.25) is 9.59 Å². The lowest BCUT2D eigenvalue weighted by Gasteiger charge is -2.12. The smallest absolute Gasteiger partial charge is 0.314 e. The molecule has 4 nitrogen and oxygen atoms in total. The first-order valence-corrected chi connectivity index (χ1v) is 9.95. The van der Waals surface area contributed by atoms with Gasteiger partial charge in [-0.05, 0) is 43.0 Å². The van der Waals surface area contributed by atoms with Gasteiger partial charge in [-0.1, -0.05) is 59.3 Å². The molecule has 0 aromatic heterocycles. The molecule has 0 radical (unpaired) electrons. The monoisotopic (exact) mass is 362 g/mol. The molecule has 0 fully saturated rings. The summed E-state index contributed by atoms with van der Waals surface area (Å²) in [6.07, 6.45) is 7.76. The van der Waals surface area contributed by atoms with Crippen LogP contribution in [0.2, 0.25) is 0 Å². The lowest BCUT2D eigenvalue weighted by molar-refractivity contribution is -0.140. The fourth-order valence-electron chi connectivity index (χ4n) is 2.90. The molecular weight excluding hydrogens is 328 g/mol. The molecule has 1 aromatic carbocycles. The molecule has 0 bridgehead atoms. The highest BCUT2D eigenvalue weighted by molar-refractivity contribution is 6.08. The zero-order valence-corrected chi connectivity index (χ0v) is 16.5. The molecule has 1 rings (SSSR count). The summed E-state index contributed by atoms with van der Waals surface area (Å²) >= 11 is 0. The largest absolute Gasteiger partial charge is 0.494 e. The van der Waals surface area contributed by atoms with Crippen molar-refractivity contribution in [2.24, 2.45) is 11.8 Å². The van der Waals surface area contributed by atoms with E-state index < -0.39 is 11.9 Å². The van der Waals surface area contributed by atoms with Crippen molar-refractivity contribution in [3.63, 3.8) is 0 Å². The first-order valence-electron chi connectivity index (χ1n) is 9.95. The van der Waals surface area contributed by atoms with Gasteiger partial charge in [-0.25, -0.2) is 0 Å². The maximum atomic E-state index is 12.5. The lowest BCUT2D eigenvalue weighted by Crippen LogP contribution is -2.24. The molecule has 146 valence electrons. The lowest BCUT2D eigenvalue weighted by atomic mass is 9.92. The summed E-state index contributed by atoms with van der Waals surface area (Å²) in [4.78, 5) is 23.9. The molecule has 26 heavy (non-hydrogen) atoms. The normalized spacial score (nSPS) is 12.2. The number of rotatable bonds is 14. The van der Waals surface area contributed by atoms with Gasteiger partial charge in [0.05, 0.1) is 6.61 Å². The number of aliphatic carboxylic acids is 1. The Morgan fingerprint density at radius 1 is 0.962 bits per heavy atom. The van der Waals surface area contributed by atoms with E-state index in [4.69, 9.17) is 4.74 Å². The van der Waals surface area contributed by atoms with Crippen LogP contribution in [-0.2, 0) is 4.79 Å². The van der Waals surface area contributed by atoms with Gasteiger partial charge in [0.1, 0.15) is 11.7 Å². The van der Waals surface area contributed by atoms with E-state index in [9.17, 15) is 14.7 Å². The molecule has 4 heteroatoms. The summed E-state index contributed by atoms with van der Waals surface area (Å²) in [6, 6.07) is 6.86. The van der Waals surface area contributed by atoms with Crippen LogP contribution in [0.15, 0.2) is 24.3 Å². The van der Waals surface area contributed by atoms with E-state index in [2.05, 4.69) is 20.8 Å². The number of hydrogen-bond acceptors (Lipinski definition) is 3. The van der Waals surface area contributed by atoms with Gasteiger partial charge in [-0.2, -0.15) is 0 Å². The van der Waals surface area contributed by atoms with E-state index >= 15 is 0 Å². The van der Waals surface area contributed by atoms with Gasteiger partial charge < -0.3 is 9.84 Å². The predicted octanol–water partition coefficient (Wildman–Crippen LogP) is 5.75. The van der Waals surface area contributed by atoms with Crippen molar-refractivity contribution in [3.8, 4) is 5.75 Å². The van der Waals surface area contributed by atoms with Crippen LogP contribution >= 0.6 is 0 Å². The van der Waals surface area contributed by atoms with Crippen LogP contribution in [0, 0.1) is 11.8 Å². The van der Waals surface area contributed by atoms with Crippen molar-refractivity contribution in [3.05, 3.63) is 29.8 Å². The van der Waals surface area contributed by atoms with Gasteiger partial charge >= 0.3 is 5.97 Å².